The zero-order chi connectivity index (χ0) is 11.3. The number of nitrogens with one attached hydrogen (secondary N) is 1. The lowest BCUT2D eigenvalue weighted by molar-refractivity contribution is 0.729. The summed E-state index contributed by atoms with van der Waals surface area (Å²) in [6.07, 6.45) is 1.70. The topological polar surface area (TPSA) is 24.9 Å². The number of halogens is 3. The van der Waals surface area contributed by atoms with E-state index in [1.807, 2.05) is 6.07 Å². The van der Waals surface area contributed by atoms with Crippen molar-refractivity contribution in [1.29, 1.82) is 0 Å². The first-order chi connectivity index (χ1) is 7.04. The summed E-state index contributed by atoms with van der Waals surface area (Å²) in [5, 5.41) is 3.19. The van der Waals surface area contributed by atoms with Gasteiger partial charge in [0.2, 0.25) is 3.79 Å². The molecular formula is C9H11Cl3N2S. The predicted molar refractivity (Wildman–Crippen MR) is 69.0 cm³/mol. The van der Waals surface area contributed by atoms with Gasteiger partial charge in [-0.15, -0.1) is 0 Å². The van der Waals surface area contributed by atoms with Gasteiger partial charge in [0.15, 0.2) is 0 Å². The monoisotopic (exact) mass is 284 g/mol. The molecule has 0 aliphatic rings. The van der Waals surface area contributed by atoms with Crippen LogP contribution in [0.25, 0.3) is 0 Å². The van der Waals surface area contributed by atoms with Gasteiger partial charge in [-0.05, 0) is 11.6 Å². The fourth-order valence-electron chi connectivity index (χ4n) is 1.01. The van der Waals surface area contributed by atoms with Crippen LogP contribution >= 0.6 is 47.4 Å². The van der Waals surface area contributed by atoms with Crippen LogP contribution in [0.3, 0.4) is 0 Å². The molecular weight excluding hydrogens is 275 g/mol. The van der Waals surface area contributed by atoms with Crippen molar-refractivity contribution in [3.05, 3.63) is 29.6 Å². The van der Waals surface area contributed by atoms with Gasteiger partial charge in [0.05, 0.1) is 5.69 Å². The van der Waals surface area contributed by atoms with Crippen LogP contribution in [-0.4, -0.2) is 17.3 Å². The van der Waals surface area contributed by atoms with Crippen LogP contribution in [0.5, 0.6) is 0 Å². The predicted octanol–water partition coefficient (Wildman–Crippen LogP) is 2.93. The van der Waals surface area contributed by atoms with Crippen molar-refractivity contribution in [2.45, 2.75) is 10.3 Å². The molecule has 1 aromatic rings. The standard InChI is InChI=1S/C9H11Cl3N2S/c10-9(11,12)8-2-1-7(6-14-8)5-13-3-4-15/h1-2,6,13,15H,3-5H2. The Labute approximate surface area is 110 Å². The molecule has 0 aliphatic heterocycles. The van der Waals surface area contributed by atoms with Gasteiger partial charge in [0.25, 0.3) is 0 Å². The first kappa shape index (κ1) is 13.4. The lowest BCUT2D eigenvalue weighted by atomic mass is 10.2. The van der Waals surface area contributed by atoms with Gasteiger partial charge >= 0.3 is 0 Å². The van der Waals surface area contributed by atoms with Gasteiger partial charge in [-0.3, -0.25) is 4.98 Å². The molecule has 0 atom stereocenters. The second-order valence-electron chi connectivity index (χ2n) is 2.95. The highest BCUT2D eigenvalue weighted by molar-refractivity contribution is 7.80. The van der Waals surface area contributed by atoms with E-state index in [1.165, 1.54) is 0 Å². The minimum Gasteiger partial charge on any atom is -0.312 e. The minimum absolute atomic E-state index is 0.436. The molecule has 0 aromatic carbocycles. The Balaban J connectivity index is 2.57. The summed E-state index contributed by atoms with van der Waals surface area (Å²) in [6, 6.07) is 3.60. The van der Waals surface area contributed by atoms with Crippen molar-refractivity contribution in [3.63, 3.8) is 0 Å². The Kier molecular flexibility index (Phi) is 5.50. The summed E-state index contributed by atoms with van der Waals surface area (Å²) in [7, 11) is 0. The summed E-state index contributed by atoms with van der Waals surface area (Å²) in [4.78, 5) is 4.07. The summed E-state index contributed by atoms with van der Waals surface area (Å²) in [5.74, 6) is 0.805. The van der Waals surface area contributed by atoms with E-state index < -0.39 is 3.79 Å². The maximum absolute atomic E-state index is 5.68. The largest absolute Gasteiger partial charge is 0.312 e. The lowest BCUT2D eigenvalue weighted by Gasteiger charge is -2.10. The molecule has 0 fully saturated rings. The van der Waals surface area contributed by atoms with E-state index in [0.717, 1.165) is 24.4 Å². The highest BCUT2D eigenvalue weighted by atomic mass is 35.6. The molecule has 1 N–H and O–H groups in total. The number of pyridine rings is 1. The Morgan fingerprint density at radius 3 is 2.53 bits per heavy atom. The SMILES string of the molecule is SCCNCc1ccc(C(Cl)(Cl)Cl)nc1. The van der Waals surface area contributed by atoms with Gasteiger partial charge in [0, 0.05) is 25.0 Å². The molecule has 1 aromatic heterocycles. The van der Waals surface area contributed by atoms with Gasteiger partial charge in [-0.25, -0.2) is 0 Å². The average Bonchev–Trinajstić information content (AvgIpc) is 2.18. The van der Waals surface area contributed by atoms with Crippen molar-refractivity contribution in [2.75, 3.05) is 12.3 Å². The fraction of sp³-hybridized carbons (Fsp3) is 0.444. The van der Waals surface area contributed by atoms with E-state index in [-0.39, 0.29) is 0 Å². The number of thiol groups is 1. The zero-order valence-electron chi connectivity index (χ0n) is 7.88. The lowest BCUT2D eigenvalue weighted by Crippen LogP contribution is -2.16. The summed E-state index contributed by atoms with van der Waals surface area (Å²) >= 11 is 21.1. The van der Waals surface area contributed by atoms with Gasteiger partial charge < -0.3 is 5.32 Å². The smallest absolute Gasteiger partial charge is 0.232 e. The van der Waals surface area contributed by atoms with E-state index in [0.29, 0.717) is 5.69 Å². The van der Waals surface area contributed by atoms with Crippen molar-refractivity contribution in [1.82, 2.24) is 10.3 Å². The van der Waals surface area contributed by atoms with Crippen LogP contribution in [0.15, 0.2) is 18.3 Å². The molecule has 1 rings (SSSR count). The molecule has 1 heterocycles. The molecule has 0 amide bonds. The molecule has 6 heteroatoms. The molecule has 0 unspecified atom stereocenters. The number of alkyl halides is 3. The van der Waals surface area contributed by atoms with Crippen molar-refractivity contribution >= 4 is 47.4 Å². The van der Waals surface area contributed by atoms with Gasteiger partial charge in [0.1, 0.15) is 0 Å². The van der Waals surface area contributed by atoms with E-state index >= 15 is 0 Å². The van der Waals surface area contributed by atoms with Gasteiger partial charge in [-0.2, -0.15) is 12.6 Å². The maximum atomic E-state index is 5.68. The molecule has 0 bridgehead atoms. The Morgan fingerprint density at radius 1 is 1.33 bits per heavy atom. The molecule has 0 radical (unpaired) electrons. The average molecular weight is 286 g/mol. The van der Waals surface area contributed by atoms with Crippen LogP contribution in [0.4, 0.5) is 0 Å². The summed E-state index contributed by atoms with van der Waals surface area (Å²) in [5.41, 5.74) is 1.49. The van der Waals surface area contributed by atoms with Crippen LogP contribution < -0.4 is 5.32 Å². The number of hydrogen-bond acceptors (Lipinski definition) is 3. The summed E-state index contributed by atoms with van der Waals surface area (Å²) < 4.78 is -1.45. The molecule has 0 saturated carbocycles. The molecule has 0 aliphatic carbocycles. The minimum atomic E-state index is -1.45. The third kappa shape index (κ3) is 4.79. The number of nitrogens with zero attached hydrogens (tertiary/aromatic N) is 1. The first-order valence-electron chi connectivity index (χ1n) is 4.37. The van der Waals surface area contributed by atoms with Crippen molar-refractivity contribution in [3.8, 4) is 0 Å². The number of rotatable bonds is 4. The quantitative estimate of drug-likeness (QED) is 0.505. The molecule has 0 spiro atoms. The van der Waals surface area contributed by atoms with E-state index in [4.69, 9.17) is 34.8 Å². The third-order valence-electron chi connectivity index (χ3n) is 1.73. The zero-order valence-corrected chi connectivity index (χ0v) is 11.0. The Hall–Kier alpha value is 0.330. The highest BCUT2D eigenvalue weighted by Crippen LogP contribution is 2.36. The number of hydrogen-bond donors (Lipinski definition) is 2. The molecule has 84 valence electrons. The summed E-state index contributed by atoms with van der Waals surface area (Å²) in [6.45, 7) is 1.60. The van der Waals surface area contributed by atoms with Crippen LogP contribution in [0.1, 0.15) is 11.3 Å². The van der Waals surface area contributed by atoms with E-state index in [2.05, 4.69) is 22.9 Å². The second kappa shape index (κ2) is 6.16. The molecule has 15 heavy (non-hydrogen) atoms. The van der Waals surface area contributed by atoms with Crippen molar-refractivity contribution < 1.29 is 0 Å². The van der Waals surface area contributed by atoms with Crippen LogP contribution in [-0.2, 0) is 10.3 Å². The van der Waals surface area contributed by atoms with E-state index in [9.17, 15) is 0 Å². The second-order valence-corrected chi connectivity index (χ2v) is 5.68. The van der Waals surface area contributed by atoms with Gasteiger partial charge in [-0.1, -0.05) is 40.9 Å². The van der Waals surface area contributed by atoms with E-state index in [1.54, 1.807) is 12.3 Å². The Bertz CT molecular complexity index is 297. The maximum Gasteiger partial charge on any atom is 0.232 e. The highest BCUT2D eigenvalue weighted by Gasteiger charge is 2.23. The van der Waals surface area contributed by atoms with Crippen LogP contribution in [0.2, 0.25) is 0 Å². The molecule has 2 nitrogen and oxygen atoms in total. The fourth-order valence-corrected chi connectivity index (χ4v) is 1.50. The van der Waals surface area contributed by atoms with Crippen LogP contribution in [0, 0.1) is 0 Å². The molecule has 0 saturated heterocycles. The third-order valence-corrected chi connectivity index (χ3v) is 2.54. The number of aromatic nitrogens is 1. The van der Waals surface area contributed by atoms with Crippen molar-refractivity contribution in [2.24, 2.45) is 0 Å². The normalized spacial score (nSPS) is 11.7. The Morgan fingerprint density at radius 2 is 2.07 bits per heavy atom. The first-order valence-corrected chi connectivity index (χ1v) is 6.14.